The van der Waals surface area contributed by atoms with E-state index in [0.717, 1.165) is 24.3 Å². The average Bonchev–Trinajstić information content (AvgIpc) is 2.73. The molecule has 1 aliphatic heterocycles. The van der Waals surface area contributed by atoms with Crippen LogP contribution < -0.4 is 5.73 Å². The fraction of sp³-hybridized carbons (Fsp3) is 1.00. The van der Waals surface area contributed by atoms with Crippen LogP contribution in [0, 0.1) is 17.8 Å². The van der Waals surface area contributed by atoms with Gasteiger partial charge < -0.3 is 15.5 Å². The van der Waals surface area contributed by atoms with Crippen molar-refractivity contribution in [2.24, 2.45) is 23.5 Å². The summed E-state index contributed by atoms with van der Waals surface area (Å²) in [5.41, 5.74) is 5.71. The third-order valence-electron chi connectivity index (χ3n) is 4.65. The van der Waals surface area contributed by atoms with Gasteiger partial charge in [-0.2, -0.15) is 0 Å². The maximum Gasteiger partial charge on any atom is 0.00193 e. The van der Waals surface area contributed by atoms with E-state index in [1.807, 2.05) is 0 Å². The lowest BCUT2D eigenvalue weighted by Gasteiger charge is -2.24. The highest BCUT2D eigenvalue weighted by molar-refractivity contribution is 4.75. The Morgan fingerprint density at radius 1 is 1.32 bits per heavy atom. The van der Waals surface area contributed by atoms with E-state index in [2.05, 4.69) is 37.7 Å². The molecule has 2 unspecified atom stereocenters. The van der Waals surface area contributed by atoms with Crippen LogP contribution in [0.15, 0.2) is 0 Å². The molecule has 1 aliphatic rings. The molecular weight excluding hydrogens is 234 g/mol. The van der Waals surface area contributed by atoms with Gasteiger partial charge >= 0.3 is 0 Å². The minimum Gasteiger partial charge on any atom is -0.330 e. The number of hydrogen-bond acceptors (Lipinski definition) is 3. The van der Waals surface area contributed by atoms with Crippen molar-refractivity contribution >= 4 is 0 Å². The van der Waals surface area contributed by atoms with Gasteiger partial charge in [-0.1, -0.05) is 13.8 Å². The van der Waals surface area contributed by atoms with Gasteiger partial charge in [-0.3, -0.25) is 0 Å². The molecule has 0 bridgehead atoms. The van der Waals surface area contributed by atoms with Crippen molar-refractivity contribution in [3.8, 4) is 0 Å². The smallest absolute Gasteiger partial charge is 0.00193 e. The van der Waals surface area contributed by atoms with Crippen LogP contribution in [-0.2, 0) is 0 Å². The standard InChI is InChI=1S/C16H35N3/c1-14(2)16(7-9-17)6-5-10-18(3)12-15-8-11-19(4)13-15/h14-16H,5-13,17H2,1-4H3. The first-order valence-corrected chi connectivity index (χ1v) is 8.10. The summed E-state index contributed by atoms with van der Waals surface area (Å²) in [4.78, 5) is 4.98. The third-order valence-corrected chi connectivity index (χ3v) is 4.65. The maximum absolute atomic E-state index is 5.71. The van der Waals surface area contributed by atoms with Crippen LogP contribution in [-0.4, -0.2) is 56.6 Å². The highest BCUT2D eigenvalue weighted by Gasteiger charge is 2.20. The van der Waals surface area contributed by atoms with Crippen molar-refractivity contribution in [1.82, 2.24) is 9.80 Å². The van der Waals surface area contributed by atoms with Gasteiger partial charge in [0, 0.05) is 13.1 Å². The van der Waals surface area contributed by atoms with Gasteiger partial charge in [0.15, 0.2) is 0 Å². The van der Waals surface area contributed by atoms with Crippen molar-refractivity contribution in [1.29, 1.82) is 0 Å². The van der Waals surface area contributed by atoms with Gasteiger partial charge in [0.1, 0.15) is 0 Å². The molecule has 0 amide bonds. The van der Waals surface area contributed by atoms with Gasteiger partial charge in [-0.25, -0.2) is 0 Å². The highest BCUT2D eigenvalue weighted by atomic mass is 15.1. The molecule has 0 spiro atoms. The Bertz CT molecular complexity index is 230. The van der Waals surface area contributed by atoms with Gasteiger partial charge in [0.2, 0.25) is 0 Å². The second-order valence-corrected chi connectivity index (χ2v) is 6.90. The van der Waals surface area contributed by atoms with Crippen LogP contribution in [0.25, 0.3) is 0 Å². The lowest BCUT2D eigenvalue weighted by atomic mass is 9.88. The van der Waals surface area contributed by atoms with Crippen molar-refractivity contribution < 1.29 is 0 Å². The zero-order valence-electron chi connectivity index (χ0n) is 13.6. The molecule has 114 valence electrons. The van der Waals surface area contributed by atoms with Gasteiger partial charge in [-0.15, -0.1) is 0 Å². The topological polar surface area (TPSA) is 32.5 Å². The fourth-order valence-electron chi connectivity index (χ4n) is 3.36. The Balaban J connectivity index is 2.13. The number of rotatable bonds is 9. The predicted octanol–water partition coefficient (Wildman–Crippen LogP) is 2.27. The molecule has 19 heavy (non-hydrogen) atoms. The van der Waals surface area contributed by atoms with E-state index in [-0.39, 0.29) is 0 Å². The molecule has 0 aromatic rings. The quantitative estimate of drug-likeness (QED) is 0.697. The summed E-state index contributed by atoms with van der Waals surface area (Å²) in [5, 5.41) is 0. The van der Waals surface area contributed by atoms with Crippen LogP contribution >= 0.6 is 0 Å². The largest absolute Gasteiger partial charge is 0.330 e. The molecule has 0 radical (unpaired) electrons. The van der Waals surface area contributed by atoms with Crippen molar-refractivity contribution in [2.75, 3.05) is 46.8 Å². The monoisotopic (exact) mass is 269 g/mol. The van der Waals surface area contributed by atoms with Crippen molar-refractivity contribution in [3.63, 3.8) is 0 Å². The van der Waals surface area contributed by atoms with E-state index in [0.29, 0.717) is 0 Å². The molecule has 0 aliphatic carbocycles. The molecule has 0 aromatic heterocycles. The second-order valence-electron chi connectivity index (χ2n) is 6.90. The first-order valence-electron chi connectivity index (χ1n) is 8.10. The van der Waals surface area contributed by atoms with Crippen LogP contribution in [0.2, 0.25) is 0 Å². The van der Waals surface area contributed by atoms with Crippen molar-refractivity contribution in [3.05, 3.63) is 0 Å². The molecule has 2 N–H and O–H groups in total. The SMILES string of the molecule is CC(C)C(CCN)CCCN(C)CC1CCN(C)C1. The zero-order chi connectivity index (χ0) is 14.3. The molecule has 3 nitrogen and oxygen atoms in total. The van der Waals surface area contributed by atoms with Crippen LogP contribution in [0.4, 0.5) is 0 Å². The fourth-order valence-corrected chi connectivity index (χ4v) is 3.36. The van der Waals surface area contributed by atoms with Gasteiger partial charge in [0.05, 0.1) is 0 Å². The Morgan fingerprint density at radius 3 is 2.58 bits per heavy atom. The molecule has 0 aromatic carbocycles. The van der Waals surface area contributed by atoms with Crippen LogP contribution in [0.5, 0.6) is 0 Å². The molecule has 1 rings (SSSR count). The van der Waals surface area contributed by atoms with E-state index >= 15 is 0 Å². The highest BCUT2D eigenvalue weighted by Crippen LogP contribution is 2.21. The van der Waals surface area contributed by atoms with Gasteiger partial charge in [-0.05, 0) is 77.2 Å². The minimum atomic E-state index is 0.775. The van der Waals surface area contributed by atoms with E-state index in [1.165, 1.54) is 51.9 Å². The summed E-state index contributed by atoms with van der Waals surface area (Å²) in [6.45, 7) is 10.6. The second kappa shape index (κ2) is 8.93. The summed E-state index contributed by atoms with van der Waals surface area (Å²) in [7, 11) is 4.52. The van der Waals surface area contributed by atoms with E-state index in [1.54, 1.807) is 0 Å². The number of likely N-dealkylation sites (tertiary alicyclic amines) is 1. The lowest BCUT2D eigenvalue weighted by Crippen LogP contribution is -2.28. The maximum atomic E-state index is 5.71. The Hall–Kier alpha value is -0.120. The molecule has 1 saturated heterocycles. The van der Waals surface area contributed by atoms with Crippen LogP contribution in [0.1, 0.15) is 39.5 Å². The van der Waals surface area contributed by atoms with Crippen LogP contribution in [0.3, 0.4) is 0 Å². The molecule has 3 heteroatoms. The summed E-state index contributed by atoms with van der Waals surface area (Å²) in [6, 6.07) is 0. The lowest BCUT2D eigenvalue weighted by molar-refractivity contribution is 0.251. The summed E-state index contributed by atoms with van der Waals surface area (Å²) >= 11 is 0. The summed E-state index contributed by atoms with van der Waals surface area (Å²) < 4.78 is 0. The summed E-state index contributed by atoms with van der Waals surface area (Å²) in [6.07, 6.45) is 5.23. The Kier molecular flexibility index (Phi) is 7.96. The Labute approximate surface area is 120 Å². The van der Waals surface area contributed by atoms with E-state index in [4.69, 9.17) is 5.73 Å². The van der Waals surface area contributed by atoms with E-state index in [9.17, 15) is 0 Å². The third kappa shape index (κ3) is 6.73. The first-order chi connectivity index (χ1) is 9.02. The van der Waals surface area contributed by atoms with Gasteiger partial charge in [0.25, 0.3) is 0 Å². The first kappa shape index (κ1) is 16.9. The Morgan fingerprint density at radius 2 is 2.05 bits per heavy atom. The molecule has 0 saturated carbocycles. The minimum absolute atomic E-state index is 0.775. The molecule has 1 fully saturated rings. The predicted molar refractivity (Wildman–Crippen MR) is 84.3 cm³/mol. The van der Waals surface area contributed by atoms with E-state index < -0.39 is 0 Å². The number of nitrogens with two attached hydrogens (primary N) is 1. The molecular formula is C16H35N3. The average molecular weight is 269 g/mol. The number of nitrogens with zero attached hydrogens (tertiary/aromatic N) is 2. The molecule has 2 atom stereocenters. The normalized spacial score (nSPS) is 22.6. The zero-order valence-corrected chi connectivity index (χ0v) is 13.6. The summed E-state index contributed by atoms with van der Waals surface area (Å²) in [5.74, 6) is 2.48. The van der Waals surface area contributed by atoms with Crippen molar-refractivity contribution in [2.45, 2.75) is 39.5 Å². The number of hydrogen-bond donors (Lipinski definition) is 1. The molecule has 1 heterocycles.